The Hall–Kier alpha value is -2.28. The van der Waals surface area contributed by atoms with Gasteiger partial charge >= 0.3 is 24.4 Å². The lowest BCUT2D eigenvalue weighted by Crippen LogP contribution is -2.42. The second-order valence-electron chi connectivity index (χ2n) is 9.37. The van der Waals surface area contributed by atoms with Gasteiger partial charge in [-0.15, -0.1) is 0 Å². The molecule has 202 valence electrons. The average molecular weight is 502 g/mol. The minimum absolute atomic E-state index is 0.0266. The molecule has 0 aromatic rings. The zero-order valence-corrected chi connectivity index (χ0v) is 22.1. The second-order valence-corrected chi connectivity index (χ2v) is 9.37. The van der Waals surface area contributed by atoms with E-state index in [0.29, 0.717) is 45.2 Å². The molecule has 1 rings (SSSR count). The molecular formula is C23H43N5O7. The van der Waals surface area contributed by atoms with Gasteiger partial charge in [0.1, 0.15) is 0 Å². The molecule has 1 aliphatic rings. The minimum atomic E-state index is -1.74. The van der Waals surface area contributed by atoms with Gasteiger partial charge in [-0.05, 0) is 40.0 Å². The van der Waals surface area contributed by atoms with Crippen LogP contribution in [0.15, 0.2) is 0 Å². The molecule has 1 fully saturated rings. The van der Waals surface area contributed by atoms with Crippen LogP contribution in [0.5, 0.6) is 0 Å². The molecule has 1 saturated heterocycles. The molecule has 0 spiro atoms. The summed E-state index contributed by atoms with van der Waals surface area (Å²) in [6.07, 6.45) is 0.932. The van der Waals surface area contributed by atoms with Crippen molar-refractivity contribution in [2.24, 2.45) is 5.92 Å². The molecule has 12 nitrogen and oxygen atoms in total. The lowest BCUT2D eigenvalue weighted by molar-refractivity contribution is -0.258. The van der Waals surface area contributed by atoms with Crippen LogP contribution >= 0.6 is 0 Å². The first-order chi connectivity index (χ1) is 16.5. The molecule has 1 heterocycles. The lowest BCUT2D eigenvalue weighted by Gasteiger charge is -2.24. The zero-order valence-electron chi connectivity index (χ0n) is 22.1. The standard InChI is InChI=1S/C23H43N5O7/c1-7-28(14-19(29)24-9-8-18(2)3)13-12-27(6)17-22(32)35-23-33-20(30)15-25(4)10-11-26(5)16-21(31)34-23/h18,23H,7-17H2,1-6H3,(H,24,29). The van der Waals surface area contributed by atoms with Gasteiger partial charge in [-0.2, -0.15) is 0 Å². The van der Waals surface area contributed by atoms with E-state index in [4.69, 9.17) is 14.2 Å². The van der Waals surface area contributed by atoms with E-state index in [9.17, 15) is 19.2 Å². The molecule has 0 bridgehead atoms. The predicted octanol–water partition coefficient (Wildman–Crippen LogP) is -0.807. The summed E-state index contributed by atoms with van der Waals surface area (Å²) in [4.78, 5) is 55.9. The lowest BCUT2D eigenvalue weighted by atomic mass is 10.1. The van der Waals surface area contributed by atoms with Crippen molar-refractivity contribution in [3.05, 3.63) is 0 Å². The zero-order chi connectivity index (χ0) is 26.4. The number of cyclic esters (lactones) is 2. The van der Waals surface area contributed by atoms with Crippen LogP contribution in [0.4, 0.5) is 0 Å². The van der Waals surface area contributed by atoms with Crippen LogP contribution in [0.25, 0.3) is 0 Å². The normalized spacial score (nSPS) is 17.3. The molecule has 0 aromatic heterocycles. The topological polar surface area (TPSA) is 121 Å². The van der Waals surface area contributed by atoms with E-state index in [-0.39, 0.29) is 32.1 Å². The molecule has 0 saturated carbocycles. The maximum atomic E-state index is 12.4. The SMILES string of the molecule is CCN(CCN(C)CC(=O)OC1OC(=O)CN(C)CCN(C)CC(=O)O1)CC(=O)NCCC(C)C. The van der Waals surface area contributed by atoms with Gasteiger partial charge in [-0.1, -0.05) is 20.8 Å². The summed E-state index contributed by atoms with van der Waals surface area (Å²) in [5, 5.41) is 2.92. The second kappa shape index (κ2) is 16.4. The number of amides is 1. The predicted molar refractivity (Wildman–Crippen MR) is 129 cm³/mol. The Labute approximate surface area is 208 Å². The van der Waals surface area contributed by atoms with Crippen LogP contribution in [-0.2, 0) is 33.4 Å². The van der Waals surface area contributed by atoms with E-state index in [1.165, 1.54) is 0 Å². The fourth-order valence-corrected chi connectivity index (χ4v) is 3.17. The van der Waals surface area contributed by atoms with Crippen LogP contribution in [0.2, 0.25) is 0 Å². The molecule has 12 heteroatoms. The summed E-state index contributed by atoms with van der Waals surface area (Å²) < 4.78 is 15.2. The third-order valence-electron chi connectivity index (χ3n) is 5.40. The summed E-state index contributed by atoms with van der Waals surface area (Å²) in [6.45, 7) is 8.09. The van der Waals surface area contributed by atoms with Crippen LogP contribution in [0, 0.1) is 5.92 Å². The number of carbonyl (C=O) groups excluding carboxylic acids is 4. The Morgan fingerprint density at radius 2 is 1.63 bits per heavy atom. The fraction of sp³-hybridized carbons (Fsp3) is 0.826. The summed E-state index contributed by atoms with van der Waals surface area (Å²) in [6, 6.07) is 0. The molecular weight excluding hydrogens is 458 g/mol. The molecule has 35 heavy (non-hydrogen) atoms. The van der Waals surface area contributed by atoms with Crippen molar-refractivity contribution in [1.82, 2.24) is 24.9 Å². The first-order valence-electron chi connectivity index (χ1n) is 12.1. The van der Waals surface area contributed by atoms with Gasteiger partial charge in [0.05, 0.1) is 26.2 Å². The summed E-state index contributed by atoms with van der Waals surface area (Å²) in [5.74, 6) is -1.53. The van der Waals surface area contributed by atoms with E-state index < -0.39 is 24.4 Å². The van der Waals surface area contributed by atoms with Gasteiger partial charge in [-0.3, -0.25) is 38.8 Å². The van der Waals surface area contributed by atoms with Gasteiger partial charge < -0.3 is 19.5 Å². The number of hydrogen-bond acceptors (Lipinski definition) is 11. The number of carbonyl (C=O) groups is 4. The minimum Gasteiger partial charge on any atom is -0.389 e. The van der Waals surface area contributed by atoms with Crippen LogP contribution < -0.4 is 5.32 Å². The molecule has 1 amide bonds. The largest absolute Gasteiger partial charge is 0.412 e. The number of ether oxygens (including phenoxy) is 3. The maximum absolute atomic E-state index is 12.4. The highest BCUT2D eigenvalue weighted by Crippen LogP contribution is 2.05. The van der Waals surface area contributed by atoms with Crippen molar-refractivity contribution >= 4 is 23.8 Å². The molecule has 1 aliphatic heterocycles. The Balaban J connectivity index is 2.51. The van der Waals surface area contributed by atoms with Crippen LogP contribution in [-0.4, -0.2) is 136 Å². The van der Waals surface area contributed by atoms with E-state index in [1.807, 2.05) is 11.8 Å². The van der Waals surface area contributed by atoms with Crippen molar-refractivity contribution in [1.29, 1.82) is 0 Å². The number of esters is 3. The number of hydrogen-bond donors (Lipinski definition) is 1. The van der Waals surface area contributed by atoms with E-state index in [2.05, 4.69) is 19.2 Å². The van der Waals surface area contributed by atoms with Crippen LogP contribution in [0.3, 0.4) is 0 Å². The Kier molecular flexibility index (Phi) is 14.4. The monoisotopic (exact) mass is 501 g/mol. The number of nitrogens with zero attached hydrogens (tertiary/aromatic N) is 4. The first kappa shape index (κ1) is 30.8. The van der Waals surface area contributed by atoms with Gasteiger partial charge in [-0.25, -0.2) is 0 Å². The van der Waals surface area contributed by atoms with Crippen LogP contribution in [0.1, 0.15) is 27.2 Å². The summed E-state index contributed by atoms with van der Waals surface area (Å²) in [7, 11) is 5.23. The quantitative estimate of drug-likeness (QED) is 0.338. The third kappa shape index (κ3) is 14.7. The van der Waals surface area contributed by atoms with Crippen molar-refractivity contribution in [3.63, 3.8) is 0 Å². The molecule has 0 radical (unpaired) electrons. The smallest absolute Gasteiger partial charge is 0.389 e. The Morgan fingerprint density at radius 3 is 2.14 bits per heavy atom. The third-order valence-corrected chi connectivity index (χ3v) is 5.40. The van der Waals surface area contributed by atoms with E-state index in [1.54, 1.807) is 35.8 Å². The highest BCUT2D eigenvalue weighted by atomic mass is 16.9. The van der Waals surface area contributed by atoms with Crippen molar-refractivity contribution in [2.75, 3.05) is 86.6 Å². The van der Waals surface area contributed by atoms with Gasteiger partial charge in [0.15, 0.2) is 0 Å². The van der Waals surface area contributed by atoms with Crippen molar-refractivity contribution < 1.29 is 33.4 Å². The van der Waals surface area contributed by atoms with Crippen molar-refractivity contribution in [2.45, 2.75) is 33.7 Å². The number of rotatable bonds is 12. The molecule has 1 N–H and O–H groups in total. The molecule has 0 aliphatic carbocycles. The molecule has 0 unspecified atom stereocenters. The maximum Gasteiger partial charge on any atom is 0.412 e. The number of likely N-dealkylation sites (N-methyl/N-ethyl adjacent to an activating group) is 4. The van der Waals surface area contributed by atoms with E-state index >= 15 is 0 Å². The number of nitrogens with one attached hydrogen (secondary N) is 1. The Bertz CT molecular complexity index is 665. The van der Waals surface area contributed by atoms with E-state index in [0.717, 1.165) is 6.42 Å². The average Bonchev–Trinajstić information content (AvgIpc) is 2.75. The fourth-order valence-electron chi connectivity index (χ4n) is 3.17. The summed E-state index contributed by atoms with van der Waals surface area (Å²) in [5.41, 5.74) is 0. The van der Waals surface area contributed by atoms with Gasteiger partial charge in [0, 0.05) is 32.7 Å². The highest BCUT2D eigenvalue weighted by molar-refractivity contribution is 5.78. The molecule has 0 atom stereocenters. The Morgan fingerprint density at radius 1 is 1.06 bits per heavy atom. The van der Waals surface area contributed by atoms with Crippen molar-refractivity contribution in [3.8, 4) is 0 Å². The summed E-state index contributed by atoms with van der Waals surface area (Å²) >= 11 is 0. The highest BCUT2D eigenvalue weighted by Gasteiger charge is 2.26. The molecule has 0 aromatic carbocycles. The van der Waals surface area contributed by atoms with Gasteiger partial charge in [0.2, 0.25) is 5.91 Å². The first-order valence-corrected chi connectivity index (χ1v) is 12.1. The van der Waals surface area contributed by atoms with Gasteiger partial charge in [0.25, 0.3) is 0 Å².